The van der Waals surface area contributed by atoms with Crippen molar-refractivity contribution in [2.24, 2.45) is 5.92 Å². The number of aliphatic hydroxyl groups is 1. The van der Waals surface area contributed by atoms with E-state index >= 15 is 0 Å². The Bertz CT molecular complexity index is 1140. The van der Waals surface area contributed by atoms with Gasteiger partial charge in [0.15, 0.2) is 6.29 Å². The van der Waals surface area contributed by atoms with E-state index < -0.39 is 5.60 Å². The number of rotatable bonds is 9. The monoisotopic (exact) mass is 503 g/mol. The van der Waals surface area contributed by atoms with Crippen LogP contribution in [0.25, 0.3) is 0 Å². The lowest BCUT2D eigenvalue weighted by atomic mass is 9.81. The van der Waals surface area contributed by atoms with Gasteiger partial charge in [0.2, 0.25) is 0 Å². The Morgan fingerprint density at radius 2 is 1.70 bits per heavy atom. The lowest BCUT2D eigenvalue weighted by Gasteiger charge is -2.36. The van der Waals surface area contributed by atoms with Crippen molar-refractivity contribution in [3.63, 3.8) is 0 Å². The number of methoxy groups -OCH3 is 2. The van der Waals surface area contributed by atoms with Crippen molar-refractivity contribution in [3.05, 3.63) is 89.5 Å². The third kappa shape index (κ3) is 5.77. The molecular formula is C31H37NO5. The van der Waals surface area contributed by atoms with Crippen LogP contribution >= 0.6 is 0 Å². The van der Waals surface area contributed by atoms with Crippen LogP contribution in [0, 0.1) is 5.92 Å². The van der Waals surface area contributed by atoms with E-state index in [1.54, 1.807) is 14.2 Å². The number of piperidine rings is 1. The number of hydrogen-bond acceptors (Lipinski definition) is 6. The van der Waals surface area contributed by atoms with Crippen molar-refractivity contribution in [2.45, 2.75) is 44.2 Å². The first kappa shape index (κ1) is 25.6. The van der Waals surface area contributed by atoms with Gasteiger partial charge in [-0.1, -0.05) is 42.5 Å². The van der Waals surface area contributed by atoms with Crippen LogP contribution < -0.4 is 14.4 Å². The molecule has 1 atom stereocenters. The Labute approximate surface area is 219 Å². The summed E-state index contributed by atoms with van der Waals surface area (Å²) in [4.78, 5) is 2.42. The van der Waals surface area contributed by atoms with Gasteiger partial charge in [-0.3, -0.25) is 0 Å². The SMILES string of the molecule is COC(CC1CCN(c2ccc(C3(O)CCOc4cc(OCc5ccccc5)ccc43)cc2)CC1)OC. The summed E-state index contributed by atoms with van der Waals surface area (Å²) in [6.45, 7) is 2.96. The van der Waals surface area contributed by atoms with Crippen LogP contribution in [0.2, 0.25) is 0 Å². The third-order valence-corrected chi connectivity index (χ3v) is 7.74. The van der Waals surface area contributed by atoms with Crippen molar-refractivity contribution in [2.75, 3.05) is 38.8 Å². The molecule has 5 rings (SSSR count). The molecule has 6 nitrogen and oxygen atoms in total. The van der Waals surface area contributed by atoms with Gasteiger partial charge in [0.25, 0.3) is 0 Å². The molecule has 0 aromatic heterocycles. The zero-order valence-corrected chi connectivity index (χ0v) is 21.8. The molecule has 0 radical (unpaired) electrons. The molecule has 0 bridgehead atoms. The van der Waals surface area contributed by atoms with Crippen LogP contribution in [-0.2, 0) is 21.7 Å². The van der Waals surface area contributed by atoms with Gasteiger partial charge in [0.1, 0.15) is 23.7 Å². The topological polar surface area (TPSA) is 60.4 Å². The molecule has 0 saturated carbocycles. The van der Waals surface area contributed by atoms with E-state index in [4.69, 9.17) is 18.9 Å². The Hall–Kier alpha value is -3.06. The molecule has 3 aromatic carbocycles. The van der Waals surface area contributed by atoms with E-state index in [1.165, 1.54) is 5.69 Å². The van der Waals surface area contributed by atoms with Gasteiger partial charge >= 0.3 is 0 Å². The molecule has 37 heavy (non-hydrogen) atoms. The van der Waals surface area contributed by atoms with E-state index in [2.05, 4.69) is 29.2 Å². The fourth-order valence-electron chi connectivity index (χ4n) is 5.47. The fourth-order valence-corrected chi connectivity index (χ4v) is 5.47. The van der Waals surface area contributed by atoms with Crippen LogP contribution in [0.15, 0.2) is 72.8 Å². The zero-order valence-electron chi connectivity index (χ0n) is 21.8. The van der Waals surface area contributed by atoms with Crippen molar-refractivity contribution in [1.82, 2.24) is 0 Å². The predicted octanol–water partition coefficient (Wildman–Crippen LogP) is 5.51. The lowest BCUT2D eigenvalue weighted by molar-refractivity contribution is -0.115. The van der Waals surface area contributed by atoms with Crippen molar-refractivity contribution in [3.8, 4) is 11.5 Å². The maximum Gasteiger partial charge on any atom is 0.157 e. The fraction of sp³-hybridized carbons (Fsp3) is 0.419. The van der Waals surface area contributed by atoms with E-state index in [-0.39, 0.29) is 6.29 Å². The predicted molar refractivity (Wildman–Crippen MR) is 144 cm³/mol. The second-order valence-electron chi connectivity index (χ2n) is 10.0. The maximum absolute atomic E-state index is 11.8. The highest BCUT2D eigenvalue weighted by Crippen LogP contribution is 2.43. The molecule has 2 aliphatic rings. The minimum absolute atomic E-state index is 0.120. The average molecular weight is 504 g/mol. The Kier molecular flexibility index (Phi) is 7.99. The summed E-state index contributed by atoms with van der Waals surface area (Å²) in [5.74, 6) is 2.02. The number of ether oxygens (including phenoxy) is 4. The molecule has 196 valence electrons. The maximum atomic E-state index is 11.8. The lowest BCUT2D eigenvalue weighted by Crippen LogP contribution is -2.36. The van der Waals surface area contributed by atoms with Crippen molar-refractivity contribution >= 4 is 5.69 Å². The second-order valence-corrected chi connectivity index (χ2v) is 10.0. The molecular weight excluding hydrogens is 466 g/mol. The number of benzene rings is 3. The van der Waals surface area contributed by atoms with Crippen LogP contribution in [0.1, 0.15) is 42.4 Å². The molecule has 0 aliphatic carbocycles. The molecule has 2 heterocycles. The van der Waals surface area contributed by atoms with E-state index in [9.17, 15) is 5.11 Å². The minimum Gasteiger partial charge on any atom is -0.493 e. The molecule has 1 saturated heterocycles. The Morgan fingerprint density at radius 3 is 2.41 bits per heavy atom. The van der Waals surface area contributed by atoms with Crippen LogP contribution in [-0.4, -0.2) is 45.3 Å². The molecule has 2 aliphatic heterocycles. The van der Waals surface area contributed by atoms with Gasteiger partial charge in [-0.25, -0.2) is 0 Å². The van der Waals surface area contributed by atoms with Crippen molar-refractivity contribution in [1.29, 1.82) is 0 Å². The molecule has 1 N–H and O–H groups in total. The van der Waals surface area contributed by atoms with Crippen LogP contribution in [0.5, 0.6) is 11.5 Å². The van der Waals surface area contributed by atoms with Crippen LogP contribution in [0.3, 0.4) is 0 Å². The number of nitrogens with zero attached hydrogens (tertiary/aromatic N) is 1. The second kappa shape index (κ2) is 11.5. The van der Waals surface area contributed by atoms with Gasteiger partial charge in [-0.15, -0.1) is 0 Å². The molecule has 6 heteroatoms. The summed E-state index contributed by atoms with van der Waals surface area (Å²) >= 11 is 0. The highest BCUT2D eigenvalue weighted by molar-refractivity contribution is 5.53. The standard InChI is InChI=1S/C31H37NO5/c1-34-30(35-2)20-23-14-17-32(18-15-23)26-10-8-25(9-11-26)31(33)16-19-36-29-21-27(12-13-28(29)31)37-22-24-6-4-3-5-7-24/h3-13,21,23,30,33H,14-20,22H2,1-2H3. The first-order valence-corrected chi connectivity index (χ1v) is 13.2. The number of anilines is 1. The first-order valence-electron chi connectivity index (χ1n) is 13.2. The van der Waals surface area contributed by atoms with Crippen molar-refractivity contribution < 1.29 is 24.1 Å². The Balaban J connectivity index is 1.25. The van der Waals surface area contributed by atoms with E-state index in [1.807, 2.05) is 48.5 Å². The number of fused-ring (bicyclic) bond motifs is 1. The highest BCUT2D eigenvalue weighted by atomic mass is 16.7. The summed E-state index contributed by atoms with van der Waals surface area (Å²) in [7, 11) is 3.41. The molecule has 0 spiro atoms. The summed E-state index contributed by atoms with van der Waals surface area (Å²) in [5.41, 5.74) is 2.88. The zero-order chi connectivity index (χ0) is 25.7. The van der Waals surface area contributed by atoms with Gasteiger partial charge in [0.05, 0.1) is 6.61 Å². The van der Waals surface area contributed by atoms with Gasteiger partial charge in [0, 0.05) is 57.5 Å². The minimum atomic E-state index is -1.09. The largest absolute Gasteiger partial charge is 0.493 e. The van der Waals surface area contributed by atoms with Gasteiger partial charge in [-0.05, 0) is 54.2 Å². The van der Waals surface area contributed by atoms with E-state index in [0.29, 0.717) is 31.3 Å². The molecule has 1 unspecified atom stereocenters. The Morgan fingerprint density at radius 1 is 0.973 bits per heavy atom. The summed E-state index contributed by atoms with van der Waals surface area (Å²) in [6, 6.07) is 24.2. The summed E-state index contributed by atoms with van der Waals surface area (Å²) in [5, 5.41) is 11.8. The average Bonchev–Trinajstić information content (AvgIpc) is 2.96. The number of hydrogen-bond donors (Lipinski definition) is 1. The molecule has 3 aromatic rings. The highest BCUT2D eigenvalue weighted by Gasteiger charge is 2.37. The van der Waals surface area contributed by atoms with E-state index in [0.717, 1.165) is 54.8 Å². The first-order chi connectivity index (χ1) is 18.1. The summed E-state index contributed by atoms with van der Waals surface area (Å²) in [6.07, 6.45) is 3.57. The molecule has 0 amide bonds. The molecule has 1 fully saturated rings. The quantitative estimate of drug-likeness (QED) is 0.389. The third-order valence-electron chi connectivity index (χ3n) is 7.74. The normalized spacial score (nSPS) is 19.9. The van der Waals surface area contributed by atoms with Gasteiger partial charge < -0.3 is 29.0 Å². The smallest absolute Gasteiger partial charge is 0.157 e. The summed E-state index contributed by atoms with van der Waals surface area (Å²) < 4.78 is 22.7. The van der Waals surface area contributed by atoms with Gasteiger partial charge in [-0.2, -0.15) is 0 Å². The van der Waals surface area contributed by atoms with Crippen LogP contribution in [0.4, 0.5) is 5.69 Å².